The first kappa shape index (κ1) is 22.9. The van der Waals surface area contributed by atoms with Gasteiger partial charge in [0.15, 0.2) is 0 Å². The van der Waals surface area contributed by atoms with E-state index in [0.29, 0.717) is 24.3 Å². The first-order valence-electron chi connectivity index (χ1n) is 8.54. The molecule has 2 aromatic rings. The van der Waals surface area contributed by atoms with Crippen molar-refractivity contribution >= 4 is 35.6 Å². The number of carbonyl (C=O) groups is 1. The molecular weight excluding hydrogens is 426 g/mol. The molecule has 1 atom stereocenters. The van der Waals surface area contributed by atoms with Gasteiger partial charge in [0.2, 0.25) is 0 Å². The number of benzene rings is 1. The van der Waals surface area contributed by atoms with E-state index in [1.165, 1.54) is 0 Å². The lowest BCUT2D eigenvalue weighted by molar-refractivity contribution is -0.141. The topological polar surface area (TPSA) is 68.0 Å². The van der Waals surface area contributed by atoms with Crippen LogP contribution in [0, 0.1) is 11.8 Å². The Morgan fingerprint density at radius 3 is 2.66 bits per heavy atom. The molecule has 1 aliphatic rings. The number of nitrogens with one attached hydrogen (secondary N) is 1. The fraction of sp³-hybridized carbons (Fsp3) is 0.300. The minimum absolute atomic E-state index is 0. The smallest absolute Gasteiger partial charge is 0.383 e. The quantitative estimate of drug-likeness (QED) is 0.651. The van der Waals surface area contributed by atoms with Crippen LogP contribution in [0.3, 0.4) is 0 Å². The molecule has 1 unspecified atom stereocenters. The number of primary amides is 1. The lowest BCUT2D eigenvalue weighted by Crippen LogP contribution is -2.36. The van der Waals surface area contributed by atoms with Crippen molar-refractivity contribution in [3.63, 3.8) is 0 Å². The first-order chi connectivity index (χ1) is 13.2. The second kappa shape index (κ2) is 8.93. The standard InChI is InChI=1S/C20H17ClF3N3O.ClH/c21-14-6-4-5-13(9-14)19(7-2-1-3-8-19)12-27-16-10-17(20(22,23)24)26-11-15(16)18(25)28;/h4-6,9-11H,2,7-8,12H2,(H2,25,28)(H,26,27);1H. The van der Waals surface area contributed by atoms with Crippen molar-refractivity contribution in [3.8, 4) is 11.8 Å². The van der Waals surface area contributed by atoms with E-state index >= 15 is 0 Å². The van der Waals surface area contributed by atoms with Crippen molar-refractivity contribution in [3.05, 3.63) is 58.4 Å². The Labute approximate surface area is 177 Å². The molecule has 1 aliphatic carbocycles. The molecule has 0 saturated carbocycles. The molecule has 154 valence electrons. The van der Waals surface area contributed by atoms with Crippen molar-refractivity contribution in [2.75, 3.05) is 11.9 Å². The van der Waals surface area contributed by atoms with Crippen LogP contribution in [0.25, 0.3) is 0 Å². The molecule has 0 spiro atoms. The number of nitrogens with zero attached hydrogens (tertiary/aromatic N) is 1. The molecule has 1 heterocycles. The Morgan fingerprint density at radius 2 is 2.07 bits per heavy atom. The summed E-state index contributed by atoms with van der Waals surface area (Å²) in [6.07, 6.45) is -1.91. The van der Waals surface area contributed by atoms with E-state index in [1.807, 2.05) is 18.2 Å². The average Bonchev–Trinajstić information content (AvgIpc) is 2.66. The van der Waals surface area contributed by atoms with Crippen molar-refractivity contribution < 1.29 is 18.0 Å². The number of halogens is 5. The van der Waals surface area contributed by atoms with E-state index < -0.39 is 23.2 Å². The van der Waals surface area contributed by atoms with Gasteiger partial charge in [0, 0.05) is 36.0 Å². The van der Waals surface area contributed by atoms with Crippen LogP contribution in [0.4, 0.5) is 18.9 Å². The minimum Gasteiger partial charge on any atom is -0.383 e. The molecule has 1 aromatic carbocycles. The van der Waals surface area contributed by atoms with Crippen LogP contribution in [-0.4, -0.2) is 17.4 Å². The van der Waals surface area contributed by atoms with Crippen LogP contribution in [0.15, 0.2) is 36.5 Å². The van der Waals surface area contributed by atoms with Crippen LogP contribution < -0.4 is 11.1 Å². The zero-order valence-electron chi connectivity index (χ0n) is 15.1. The van der Waals surface area contributed by atoms with Gasteiger partial charge in [-0.3, -0.25) is 9.78 Å². The molecule has 0 fully saturated rings. The Bertz CT molecular complexity index is 969. The number of pyridine rings is 1. The highest BCUT2D eigenvalue weighted by atomic mass is 35.5. The molecule has 0 bridgehead atoms. The maximum Gasteiger partial charge on any atom is 0.433 e. The lowest BCUT2D eigenvalue weighted by Gasteiger charge is -2.35. The third-order valence-electron chi connectivity index (χ3n) is 4.79. The molecule has 3 rings (SSSR count). The van der Waals surface area contributed by atoms with Crippen LogP contribution >= 0.6 is 24.0 Å². The number of aromatic nitrogens is 1. The summed E-state index contributed by atoms with van der Waals surface area (Å²) in [6, 6.07) is 8.14. The fourth-order valence-electron chi connectivity index (χ4n) is 3.25. The number of anilines is 1. The van der Waals surface area contributed by atoms with Gasteiger partial charge in [-0.05, 0) is 30.2 Å². The Hall–Kier alpha value is -2.43. The van der Waals surface area contributed by atoms with Crippen LogP contribution in [0.2, 0.25) is 5.02 Å². The molecule has 1 amide bonds. The third kappa shape index (κ3) is 5.14. The molecule has 0 aliphatic heterocycles. The third-order valence-corrected chi connectivity index (χ3v) is 5.03. The highest BCUT2D eigenvalue weighted by Gasteiger charge is 2.35. The molecule has 29 heavy (non-hydrogen) atoms. The number of nitrogens with two attached hydrogens (primary N) is 1. The van der Waals surface area contributed by atoms with Crippen molar-refractivity contribution in [1.29, 1.82) is 0 Å². The van der Waals surface area contributed by atoms with Gasteiger partial charge in [0.05, 0.1) is 11.3 Å². The van der Waals surface area contributed by atoms with E-state index in [-0.39, 0.29) is 30.2 Å². The summed E-state index contributed by atoms with van der Waals surface area (Å²) in [6.45, 7) is 0.267. The predicted octanol–water partition coefficient (Wildman–Crippen LogP) is 4.81. The largest absolute Gasteiger partial charge is 0.433 e. The highest BCUT2D eigenvalue weighted by molar-refractivity contribution is 6.30. The number of hydrogen-bond donors (Lipinski definition) is 2. The number of alkyl halides is 3. The van der Waals surface area contributed by atoms with Gasteiger partial charge < -0.3 is 11.1 Å². The van der Waals surface area contributed by atoms with Gasteiger partial charge in [-0.15, -0.1) is 24.2 Å². The van der Waals surface area contributed by atoms with Crippen LogP contribution in [0.1, 0.15) is 40.9 Å². The van der Waals surface area contributed by atoms with Gasteiger partial charge in [0.1, 0.15) is 5.69 Å². The van der Waals surface area contributed by atoms with E-state index in [9.17, 15) is 18.0 Å². The molecule has 0 radical (unpaired) electrons. The molecule has 4 nitrogen and oxygen atoms in total. The van der Waals surface area contributed by atoms with E-state index in [2.05, 4.69) is 22.1 Å². The predicted molar refractivity (Wildman–Crippen MR) is 108 cm³/mol. The molecular formula is C20H18Cl2F3N3O. The average molecular weight is 444 g/mol. The normalized spacial score (nSPS) is 18.2. The van der Waals surface area contributed by atoms with Gasteiger partial charge in [-0.1, -0.05) is 23.7 Å². The maximum absolute atomic E-state index is 13.0. The van der Waals surface area contributed by atoms with E-state index in [1.54, 1.807) is 6.07 Å². The fourth-order valence-corrected chi connectivity index (χ4v) is 3.44. The number of amides is 1. The zero-order valence-corrected chi connectivity index (χ0v) is 16.7. The monoisotopic (exact) mass is 443 g/mol. The SMILES string of the molecule is Cl.NC(=O)c1cnc(C(F)(F)F)cc1NCC1(c2cccc(Cl)c2)CC#CCC1. The summed E-state index contributed by atoms with van der Waals surface area (Å²) < 4.78 is 39.1. The summed E-state index contributed by atoms with van der Waals surface area (Å²) in [7, 11) is 0. The molecule has 0 saturated heterocycles. The molecule has 1 aromatic heterocycles. The Balaban J connectivity index is 0.00000300. The van der Waals surface area contributed by atoms with Crippen LogP contribution in [0.5, 0.6) is 0 Å². The zero-order chi connectivity index (χ0) is 20.4. The van der Waals surface area contributed by atoms with Crippen molar-refractivity contribution in [2.45, 2.75) is 30.9 Å². The van der Waals surface area contributed by atoms with E-state index in [0.717, 1.165) is 17.8 Å². The summed E-state index contributed by atoms with van der Waals surface area (Å²) in [5.41, 5.74) is 4.59. The van der Waals surface area contributed by atoms with Crippen molar-refractivity contribution in [1.82, 2.24) is 4.98 Å². The van der Waals surface area contributed by atoms with Gasteiger partial charge >= 0.3 is 6.18 Å². The van der Waals surface area contributed by atoms with Gasteiger partial charge in [-0.2, -0.15) is 13.2 Å². The van der Waals surface area contributed by atoms with E-state index in [4.69, 9.17) is 17.3 Å². The number of carbonyl (C=O) groups excluding carboxylic acids is 1. The van der Waals surface area contributed by atoms with Crippen molar-refractivity contribution in [2.24, 2.45) is 5.73 Å². The number of rotatable bonds is 5. The van der Waals surface area contributed by atoms with Crippen LogP contribution in [-0.2, 0) is 11.6 Å². The summed E-state index contributed by atoms with van der Waals surface area (Å²) >= 11 is 6.13. The molecule has 3 N–H and O–H groups in total. The van der Waals surface area contributed by atoms with Gasteiger partial charge in [0.25, 0.3) is 5.91 Å². The first-order valence-corrected chi connectivity index (χ1v) is 8.92. The Morgan fingerprint density at radius 1 is 1.31 bits per heavy atom. The Kier molecular flexibility index (Phi) is 7.04. The van der Waals surface area contributed by atoms with Gasteiger partial charge in [-0.25, -0.2) is 0 Å². The minimum atomic E-state index is -4.63. The summed E-state index contributed by atoms with van der Waals surface area (Å²) in [4.78, 5) is 15.0. The summed E-state index contributed by atoms with van der Waals surface area (Å²) in [5.74, 6) is 5.27. The molecule has 9 heteroatoms. The second-order valence-corrected chi connectivity index (χ2v) is 7.09. The summed E-state index contributed by atoms with van der Waals surface area (Å²) in [5, 5.41) is 3.55. The maximum atomic E-state index is 13.0. The second-order valence-electron chi connectivity index (χ2n) is 6.65. The highest BCUT2D eigenvalue weighted by Crippen LogP contribution is 2.37. The lowest BCUT2D eigenvalue weighted by atomic mass is 9.72. The number of hydrogen-bond acceptors (Lipinski definition) is 3.